The van der Waals surface area contributed by atoms with Crippen LogP contribution in [0.25, 0.3) is 11.3 Å². The molecule has 0 N–H and O–H groups in total. The molecule has 11 heteroatoms. The van der Waals surface area contributed by atoms with Crippen molar-refractivity contribution in [2.45, 2.75) is 13.3 Å². The van der Waals surface area contributed by atoms with Gasteiger partial charge in [0.05, 0.1) is 17.6 Å². The Hall–Kier alpha value is -2.82. The van der Waals surface area contributed by atoms with Crippen LogP contribution in [0.15, 0.2) is 41.6 Å². The van der Waals surface area contributed by atoms with Gasteiger partial charge in [-0.25, -0.2) is 13.4 Å². The highest BCUT2D eigenvalue weighted by atomic mass is 32.2. The first kappa shape index (κ1) is 22.5. The molecular formula is C18H20F3N3O4S. The minimum absolute atomic E-state index is 0.110. The van der Waals surface area contributed by atoms with E-state index in [2.05, 4.69) is 9.72 Å². The fourth-order valence-electron chi connectivity index (χ4n) is 2.50. The van der Waals surface area contributed by atoms with Crippen LogP contribution in [0.1, 0.15) is 17.5 Å². The fraction of sp³-hybridized carbons (Fsp3) is 0.333. The van der Waals surface area contributed by atoms with E-state index in [-0.39, 0.29) is 22.2 Å². The molecule has 1 aromatic heterocycles. The number of imidazole rings is 1. The van der Waals surface area contributed by atoms with E-state index in [0.717, 1.165) is 12.1 Å². The first-order valence-electron chi connectivity index (χ1n) is 8.39. The monoisotopic (exact) mass is 431 g/mol. The summed E-state index contributed by atoms with van der Waals surface area (Å²) in [6.45, 7) is 1.43. The Balaban J connectivity index is 2.41. The predicted molar refractivity (Wildman–Crippen MR) is 101 cm³/mol. The number of hydrogen-bond acceptors (Lipinski definition) is 6. The number of hydrogen-bond donors (Lipinski definition) is 0. The number of rotatable bonds is 7. The number of halogens is 3. The lowest BCUT2D eigenvalue weighted by Crippen LogP contribution is -2.21. The minimum Gasteiger partial charge on any atom is -0.406 e. The van der Waals surface area contributed by atoms with Crippen molar-refractivity contribution in [3.05, 3.63) is 47.4 Å². The Morgan fingerprint density at radius 2 is 1.83 bits per heavy atom. The van der Waals surface area contributed by atoms with E-state index in [4.69, 9.17) is 0 Å². The van der Waals surface area contributed by atoms with Crippen molar-refractivity contribution < 1.29 is 31.1 Å². The van der Waals surface area contributed by atoms with Crippen LogP contribution in [0.5, 0.6) is 5.75 Å². The molecule has 29 heavy (non-hydrogen) atoms. The fourth-order valence-corrected chi connectivity index (χ4v) is 3.55. The Kier molecular flexibility index (Phi) is 6.41. The topological polar surface area (TPSA) is 81.5 Å². The van der Waals surface area contributed by atoms with Gasteiger partial charge in [0, 0.05) is 32.9 Å². The summed E-state index contributed by atoms with van der Waals surface area (Å²) in [5.41, 5.74) is 0.898. The molecule has 158 valence electrons. The lowest BCUT2D eigenvalue weighted by atomic mass is 10.1. The summed E-state index contributed by atoms with van der Waals surface area (Å²) in [6.07, 6.45) is -2.23. The number of Topliss-reactive ketones (excluding diaryl/α,β-unsaturated/α-hetero) is 1. The Labute approximate surface area is 166 Å². The van der Waals surface area contributed by atoms with Crippen molar-refractivity contribution in [1.82, 2.24) is 14.5 Å². The summed E-state index contributed by atoms with van der Waals surface area (Å²) in [4.78, 5) is 17.9. The van der Waals surface area contributed by atoms with Crippen LogP contribution in [0, 0.1) is 0 Å². The highest BCUT2D eigenvalue weighted by Crippen LogP contribution is 2.27. The molecule has 0 radical (unpaired) electrons. The minimum atomic E-state index is -4.80. The van der Waals surface area contributed by atoms with Crippen LogP contribution in [-0.2, 0) is 16.9 Å². The second kappa shape index (κ2) is 8.27. The summed E-state index contributed by atoms with van der Waals surface area (Å²) in [5.74, 6) is -1.52. The standard InChI is InChI=1S/C18H20F3N3O4S/c1-5-29(26,27)15(11-23(2)3)16(25)17-22-10-14(24(17)4)12-6-8-13(9-7-12)28-18(19,20)21/h6-11H,5H2,1-4H3. The Bertz CT molecular complexity index is 1020. The molecule has 2 rings (SSSR count). The normalized spacial score (nSPS) is 12.7. The van der Waals surface area contributed by atoms with Crippen LogP contribution < -0.4 is 4.74 Å². The van der Waals surface area contributed by atoms with Crippen LogP contribution in [0.4, 0.5) is 13.2 Å². The third-order valence-electron chi connectivity index (χ3n) is 3.89. The first-order chi connectivity index (χ1) is 13.4. The molecule has 0 aliphatic rings. The molecule has 1 aromatic carbocycles. The van der Waals surface area contributed by atoms with Crippen LogP contribution in [0.2, 0.25) is 0 Å². The molecule has 0 spiro atoms. The molecule has 0 aliphatic carbocycles. The Morgan fingerprint density at radius 1 is 1.24 bits per heavy atom. The summed E-state index contributed by atoms with van der Waals surface area (Å²) in [5, 5.41) is 0. The molecule has 0 saturated carbocycles. The highest BCUT2D eigenvalue weighted by molar-refractivity contribution is 7.96. The molecule has 7 nitrogen and oxygen atoms in total. The predicted octanol–water partition coefficient (Wildman–Crippen LogP) is 3.01. The van der Waals surface area contributed by atoms with E-state index in [1.54, 1.807) is 14.1 Å². The van der Waals surface area contributed by atoms with Gasteiger partial charge in [-0.05, 0) is 24.3 Å². The quantitative estimate of drug-likeness (QED) is 0.495. The zero-order valence-corrected chi connectivity index (χ0v) is 17.0. The number of alkyl halides is 3. The number of ketones is 1. The van der Waals surface area contributed by atoms with Crippen molar-refractivity contribution >= 4 is 15.6 Å². The summed E-state index contributed by atoms with van der Waals surface area (Å²) in [6, 6.07) is 5.03. The molecule has 0 amide bonds. The average Bonchev–Trinajstić information content (AvgIpc) is 2.99. The number of benzene rings is 1. The number of ether oxygens (including phenoxy) is 1. The van der Waals surface area contributed by atoms with Crippen LogP contribution >= 0.6 is 0 Å². The average molecular weight is 431 g/mol. The summed E-state index contributed by atoms with van der Waals surface area (Å²) >= 11 is 0. The molecule has 0 bridgehead atoms. The van der Waals surface area contributed by atoms with Gasteiger partial charge in [0.1, 0.15) is 10.7 Å². The van der Waals surface area contributed by atoms with Gasteiger partial charge < -0.3 is 14.2 Å². The summed E-state index contributed by atoms with van der Waals surface area (Å²) in [7, 11) is 0.891. The van der Waals surface area contributed by atoms with Gasteiger partial charge >= 0.3 is 6.36 Å². The number of allylic oxidation sites excluding steroid dienone is 1. The van der Waals surface area contributed by atoms with Crippen molar-refractivity contribution in [2.24, 2.45) is 7.05 Å². The largest absolute Gasteiger partial charge is 0.573 e. The zero-order valence-electron chi connectivity index (χ0n) is 16.2. The van der Waals surface area contributed by atoms with Crippen molar-refractivity contribution in [1.29, 1.82) is 0 Å². The van der Waals surface area contributed by atoms with Gasteiger partial charge in [-0.2, -0.15) is 0 Å². The van der Waals surface area contributed by atoms with E-state index < -0.39 is 22.0 Å². The molecule has 1 heterocycles. The maximum absolute atomic E-state index is 12.9. The van der Waals surface area contributed by atoms with Crippen molar-refractivity contribution in [2.75, 3.05) is 19.8 Å². The highest BCUT2D eigenvalue weighted by Gasteiger charge is 2.31. The number of carbonyl (C=O) groups excluding carboxylic acids is 1. The SMILES string of the molecule is CCS(=O)(=O)C(=CN(C)C)C(=O)c1ncc(-c2ccc(OC(F)(F)F)cc2)n1C. The van der Waals surface area contributed by atoms with E-state index in [1.165, 1.54) is 48.0 Å². The molecular weight excluding hydrogens is 411 g/mol. The van der Waals surface area contributed by atoms with Gasteiger partial charge in [0.2, 0.25) is 5.78 Å². The number of aromatic nitrogens is 2. The first-order valence-corrected chi connectivity index (χ1v) is 10.0. The van der Waals surface area contributed by atoms with Gasteiger partial charge in [0.25, 0.3) is 0 Å². The second-order valence-corrected chi connectivity index (χ2v) is 8.53. The molecule has 0 saturated heterocycles. The smallest absolute Gasteiger partial charge is 0.406 e. The summed E-state index contributed by atoms with van der Waals surface area (Å²) < 4.78 is 66.7. The van der Waals surface area contributed by atoms with E-state index in [0.29, 0.717) is 11.3 Å². The molecule has 0 unspecified atom stereocenters. The van der Waals surface area contributed by atoms with Crippen LogP contribution in [-0.4, -0.2) is 54.9 Å². The number of nitrogens with zero attached hydrogens (tertiary/aromatic N) is 3. The number of sulfone groups is 1. The lowest BCUT2D eigenvalue weighted by molar-refractivity contribution is -0.274. The van der Waals surface area contributed by atoms with E-state index in [9.17, 15) is 26.4 Å². The molecule has 0 atom stereocenters. The molecule has 2 aromatic rings. The zero-order chi connectivity index (χ0) is 22.0. The maximum atomic E-state index is 12.9. The molecule has 0 aliphatic heterocycles. The Morgan fingerprint density at radius 3 is 2.31 bits per heavy atom. The van der Waals surface area contributed by atoms with Crippen LogP contribution in [0.3, 0.4) is 0 Å². The van der Waals surface area contributed by atoms with E-state index >= 15 is 0 Å². The second-order valence-electron chi connectivity index (χ2n) is 6.29. The van der Waals surface area contributed by atoms with E-state index in [1.807, 2.05) is 0 Å². The van der Waals surface area contributed by atoms with Gasteiger partial charge in [-0.15, -0.1) is 13.2 Å². The number of carbonyl (C=O) groups is 1. The van der Waals surface area contributed by atoms with Crippen molar-refractivity contribution in [3.8, 4) is 17.0 Å². The lowest BCUT2D eigenvalue weighted by Gasteiger charge is -2.12. The van der Waals surface area contributed by atoms with Gasteiger partial charge in [-0.3, -0.25) is 4.79 Å². The third-order valence-corrected chi connectivity index (χ3v) is 5.61. The maximum Gasteiger partial charge on any atom is 0.573 e. The van der Waals surface area contributed by atoms with Crippen molar-refractivity contribution in [3.63, 3.8) is 0 Å². The third kappa shape index (κ3) is 5.37. The van der Waals surface area contributed by atoms with Gasteiger partial charge in [0.15, 0.2) is 15.7 Å². The van der Waals surface area contributed by atoms with Gasteiger partial charge in [-0.1, -0.05) is 6.92 Å². The molecule has 0 fully saturated rings.